The van der Waals surface area contributed by atoms with Crippen molar-refractivity contribution in [3.05, 3.63) is 17.1 Å². The second-order valence-electron chi connectivity index (χ2n) is 6.32. The summed E-state index contributed by atoms with van der Waals surface area (Å²) < 4.78 is 33.3. The average molecular weight is 351 g/mol. The molecule has 10 heteroatoms. The van der Waals surface area contributed by atoms with Gasteiger partial charge in [0.2, 0.25) is 17.7 Å². The number of carboxylic acid groups (broad SMARTS) is 1. The predicted octanol–water partition coefficient (Wildman–Crippen LogP) is 1.79. The molecule has 1 aliphatic carbocycles. The predicted molar refractivity (Wildman–Crippen MR) is 80.3 cm³/mol. The maximum absolute atomic E-state index is 14.2. The fraction of sp³-hybridized carbons (Fsp3) is 0.533. The summed E-state index contributed by atoms with van der Waals surface area (Å²) in [4.78, 5) is 25.1. The van der Waals surface area contributed by atoms with Gasteiger partial charge in [-0.25, -0.2) is 9.97 Å². The number of alkyl halides is 2. The normalized spacial score (nSPS) is 21.1. The summed E-state index contributed by atoms with van der Waals surface area (Å²) in [7, 11) is 0. The number of carboxylic acids is 1. The second kappa shape index (κ2) is 5.43. The highest BCUT2D eigenvalue weighted by Crippen LogP contribution is 2.44. The van der Waals surface area contributed by atoms with Crippen LogP contribution in [0, 0.1) is 0 Å². The van der Waals surface area contributed by atoms with Gasteiger partial charge in [0.1, 0.15) is 17.8 Å². The number of rotatable bonds is 4. The maximum atomic E-state index is 14.2. The molecule has 0 spiro atoms. The molecule has 2 aliphatic rings. The third-order valence-electron chi connectivity index (χ3n) is 4.59. The van der Waals surface area contributed by atoms with Crippen LogP contribution in [0.25, 0.3) is 11.5 Å². The van der Waals surface area contributed by atoms with E-state index >= 15 is 0 Å². The number of hydrogen-bond acceptors (Lipinski definition) is 7. The Labute approximate surface area is 140 Å². The number of aliphatic carboxylic acids is 1. The minimum Gasteiger partial charge on any atom is -0.481 e. The van der Waals surface area contributed by atoms with E-state index in [1.54, 1.807) is 0 Å². The molecular weight excluding hydrogens is 336 g/mol. The Morgan fingerprint density at radius 1 is 1.40 bits per heavy atom. The van der Waals surface area contributed by atoms with Crippen molar-refractivity contribution in [2.45, 2.75) is 44.6 Å². The lowest BCUT2D eigenvalue weighted by Crippen LogP contribution is -2.47. The molecule has 132 valence electrons. The van der Waals surface area contributed by atoms with Crippen molar-refractivity contribution in [3.8, 4) is 11.5 Å². The van der Waals surface area contributed by atoms with E-state index in [0.29, 0.717) is 12.1 Å². The van der Waals surface area contributed by atoms with Crippen LogP contribution in [0.3, 0.4) is 0 Å². The zero-order valence-electron chi connectivity index (χ0n) is 13.4. The third kappa shape index (κ3) is 2.61. The van der Waals surface area contributed by atoms with Gasteiger partial charge >= 0.3 is 5.97 Å². The monoisotopic (exact) mass is 351 g/mol. The van der Waals surface area contributed by atoms with Gasteiger partial charge in [-0.2, -0.15) is 13.8 Å². The first-order valence-corrected chi connectivity index (χ1v) is 7.96. The van der Waals surface area contributed by atoms with Crippen molar-refractivity contribution in [1.29, 1.82) is 0 Å². The van der Waals surface area contributed by atoms with Gasteiger partial charge in [0, 0.05) is 24.6 Å². The zero-order chi connectivity index (χ0) is 17.8. The molecule has 0 unspecified atom stereocenters. The Bertz CT molecular complexity index is 854. The summed E-state index contributed by atoms with van der Waals surface area (Å²) in [5.74, 6) is -4.01. The second-order valence-corrected chi connectivity index (χ2v) is 6.32. The Morgan fingerprint density at radius 3 is 2.84 bits per heavy atom. The molecule has 3 heterocycles. The molecule has 0 aromatic carbocycles. The number of nitrogens with zero attached hydrogens (tertiary/aromatic N) is 5. The Kier molecular flexibility index (Phi) is 3.44. The minimum atomic E-state index is -3.02. The van der Waals surface area contributed by atoms with Gasteiger partial charge in [-0.3, -0.25) is 4.79 Å². The van der Waals surface area contributed by atoms with Crippen LogP contribution in [0.4, 0.5) is 14.7 Å². The maximum Gasteiger partial charge on any atom is 0.312 e. The summed E-state index contributed by atoms with van der Waals surface area (Å²) in [6.45, 7) is 2.67. The van der Waals surface area contributed by atoms with Gasteiger partial charge in [-0.05, 0) is 19.8 Å². The third-order valence-corrected chi connectivity index (χ3v) is 4.59. The Hall–Kier alpha value is -2.65. The van der Waals surface area contributed by atoms with Crippen molar-refractivity contribution >= 4 is 11.9 Å². The molecule has 25 heavy (non-hydrogen) atoms. The van der Waals surface area contributed by atoms with Crippen LogP contribution in [-0.2, 0) is 23.6 Å². The lowest BCUT2D eigenvalue weighted by atomic mass is 10.1. The molecule has 4 rings (SSSR count). The first-order valence-electron chi connectivity index (χ1n) is 7.96. The van der Waals surface area contributed by atoms with Gasteiger partial charge in [-0.15, -0.1) is 0 Å². The van der Waals surface area contributed by atoms with Crippen LogP contribution in [0.15, 0.2) is 4.52 Å². The minimum absolute atomic E-state index is 0.0158. The van der Waals surface area contributed by atoms with Crippen LogP contribution >= 0.6 is 0 Å². The van der Waals surface area contributed by atoms with E-state index in [-0.39, 0.29) is 47.9 Å². The molecule has 1 fully saturated rings. The number of hydrogen-bond donors (Lipinski definition) is 1. The molecule has 2 aromatic heterocycles. The summed E-state index contributed by atoms with van der Waals surface area (Å²) >= 11 is 0. The van der Waals surface area contributed by atoms with Crippen molar-refractivity contribution in [1.82, 2.24) is 20.1 Å². The molecule has 1 saturated heterocycles. The first-order chi connectivity index (χ1) is 11.8. The summed E-state index contributed by atoms with van der Waals surface area (Å²) in [6.07, 6.45) is 0.267. The number of carbonyl (C=O) groups is 1. The van der Waals surface area contributed by atoms with Crippen molar-refractivity contribution in [2.75, 3.05) is 11.4 Å². The van der Waals surface area contributed by atoms with Crippen LogP contribution in [0.2, 0.25) is 0 Å². The highest BCUT2D eigenvalue weighted by molar-refractivity contribution is 5.69. The standard InChI is InChI=1S/C15H15F2N5O3/c1-7-3-5-22(7)14-19-11(8-2-4-15(16,17)12(8)20-14)13-18-9(25-21-13)6-10(23)24/h7H,2-6H2,1H3,(H,23,24)/t7-/m0/s1. The van der Waals surface area contributed by atoms with E-state index in [2.05, 4.69) is 20.1 Å². The fourth-order valence-electron chi connectivity index (χ4n) is 3.09. The van der Waals surface area contributed by atoms with Crippen LogP contribution < -0.4 is 4.90 Å². The topological polar surface area (TPSA) is 105 Å². The molecule has 0 radical (unpaired) electrons. The number of fused-ring (bicyclic) bond motifs is 1. The molecule has 1 atom stereocenters. The molecule has 8 nitrogen and oxygen atoms in total. The largest absolute Gasteiger partial charge is 0.481 e. The van der Waals surface area contributed by atoms with E-state index in [1.807, 2.05) is 11.8 Å². The quantitative estimate of drug-likeness (QED) is 0.889. The molecule has 0 saturated carbocycles. The van der Waals surface area contributed by atoms with Gasteiger partial charge in [0.15, 0.2) is 0 Å². The number of anilines is 1. The number of halogens is 2. The Morgan fingerprint density at radius 2 is 2.20 bits per heavy atom. The summed E-state index contributed by atoms with van der Waals surface area (Å²) in [6, 6.07) is 0.175. The average Bonchev–Trinajstić information content (AvgIpc) is 3.10. The molecule has 0 bridgehead atoms. The van der Waals surface area contributed by atoms with E-state index in [4.69, 9.17) is 9.63 Å². The van der Waals surface area contributed by atoms with Crippen molar-refractivity contribution < 1.29 is 23.2 Å². The van der Waals surface area contributed by atoms with Crippen molar-refractivity contribution in [2.24, 2.45) is 0 Å². The smallest absolute Gasteiger partial charge is 0.312 e. The lowest BCUT2D eigenvalue weighted by molar-refractivity contribution is -0.136. The molecule has 1 N–H and O–H groups in total. The molecular formula is C15H15F2N5O3. The lowest BCUT2D eigenvalue weighted by Gasteiger charge is -2.39. The zero-order valence-corrected chi connectivity index (χ0v) is 13.4. The summed E-state index contributed by atoms with van der Waals surface area (Å²) in [5.41, 5.74) is 0.192. The van der Waals surface area contributed by atoms with Crippen LogP contribution in [0.1, 0.15) is 36.9 Å². The SMILES string of the molecule is C[C@H]1CCN1c1nc(-c2noc(CC(=O)O)n2)c2c(n1)C(F)(F)CC2. The van der Waals surface area contributed by atoms with E-state index in [9.17, 15) is 13.6 Å². The van der Waals surface area contributed by atoms with Crippen molar-refractivity contribution in [3.63, 3.8) is 0 Å². The highest BCUT2D eigenvalue weighted by atomic mass is 19.3. The molecule has 0 amide bonds. The van der Waals surface area contributed by atoms with Crippen LogP contribution in [-0.4, -0.2) is 43.8 Å². The van der Waals surface area contributed by atoms with Gasteiger partial charge in [0.25, 0.3) is 5.92 Å². The van der Waals surface area contributed by atoms with Gasteiger partial charge < -0.3 is 14.5 Å². The van der Waals surface area contributed by atoms with Crippen LogP contribution in [0.5, 0.6) is 0 Å². The Balaban J connectivity index is 1.81. The first kappa shape index (κ1) is 15.9. The fourth-order valence-corrected chi connectivity index (χ4v) is 3.09. The summed E-state index contributed by atoms with van der Waals surface area (Å²) in [5, 5.41) is 12.5. The molecule has 2 aromatic rings. The van der Waals surface area contributed by atoms with Gasteiger partial charge in [-0.1, -0.05) is 5.16 Å². The van der Waals surface area contributed by atoms with Gasteiger partial charge in [0.05, 0.1) is 0 Å². The number of aromatic nitrogens is 4. The van der Waals surface area contributed by atoms with E-state index in [0.717, 1.165) is 6.42 Å². The van der Waals surface area contributed by atoms with E-state index < -0.39 is 18.3 Å². The highest BCUT2D eigenvalue weighted by Gasteiger charge is 2.44. The molecule has 1 aliphatic heterocycles. The van der Waals surface area contributed by atoms with E-state index in [1.165, 1.54) is 0 Å².